The molecule has 5 nitrogen and oxygen atoms in total. The second-order valence-electron chi connectivity index (χ2n) is 5.27. The molecule has 116 valence electrons. The van der Waals surface area contributed by atoms with Crippen LogP contribution >= 0.6 is 11.8 Å². The highest BCUT2D eigenvalue weighted by Crippen LogP contribution is 2.24. The van der Waals surface area contributed by atoms with Crippen molar-refractivity contribution in [1.82, 2.24) is 9.88 Å². The largest absolute Gasteiger partial charge is 0.441 e. The zero-order valence-electron chi connectivity index (χ0n) is 12.8. The number of rotatable bonds is 2. The first kappa shape index (κ1) is 15.0. The van der Waals surface area contributed by atoms with Gasteiger partial charge < -0.3 is 14.6 Å². The molecule has 2 aromatic rings. The van der Waals surface area contributed by atoms with Crippen LogP contribution in [0.3, 0.4) is 0 Å². The van der Waals surface area contributed by atoms with Gasteiger partial charge in [0.1, 0.15) is 5.76 Å². The molecule has 0 aliphatic carbocycles. The van der Waals surface area contributed by atoms with E-state index >= 15 is 0 Å². The van der Waals surface area contributed by atoms with Gasteiger partial charge in [0.05, 0.1) is 5.69 Å². The molecule has 1 aromatic carbocycles. The van der Waals surface area contributed by atoms with E-state index in [-0.39, 0.29) is 6.03 Å². The number of amides is 2. The Labute approximate surface area is 134 Å². The second kappa shape index (κ2) is 6.44. The number of benzene rings is 1. The van der Waals surface area contributed by atoms with Crippen LogP contribution in [-0.4, -0.2) is 40.5 Å². The molecule has 0 atom stereocenters. The number of hydrogen-bond donors (Lipinski definition) is 1. The third kappa shape index (κ3) is 3.27. The number of thioether (sulfide) groups is 1. The average molecular weight is 317 g/mol. The van der Waals surface area contributed by atoms with Gasteiger partial charge in [-0.2, -0.15) is 11.8 Å². The molecule has 3 rings (SSSR count). The summed E-state index contributed by atoms with van der Waals surface area (Å²) in [6.07, 6.45) is 0. The average Bonchev–Trinajstić information content (AvgIpc) is 2.88. The minimum Gasteiger partial charge on any atom is -0.441 e. The van der Waals surface area contributed by atoms with E-state index in [1.807, 2.05) is 54.8 Å². The predicted octanol–water partition coefficient (Wildman–Crippen LogP) is 3.54. The van der Waals surface area contributed by atoms with Crippen LogP contribution in [0.5, 0.6) is 0 Å². The number of carbonyl (C=O) groups is 1. The van der Waals surface area contributed by atoms with Crippen LogP contribution in [0.2, 0.25) is 0 Å². The standard InChI is InChI=1S/C16H19N3O2S/c1-11-12(2)21-15(17-11)13-4-3-5-14(10-13)18-16(20)19-6-8-22-9-7-19/h3-5,10H,6-9H2,1-2H3,(H,18,20). The van der Waals surface area contributed by atoms with Crippen LogP contribution in [0, 0.1) is 13.8 Å². The number of carbonyl (C=O) groups excluding carboxylic acids is 1. The van der Waals surface area contributed by atoms with E-state index in [1.54, 1.807) is 0 Å². The highest BCUT2D eigenvalue weighted by Gasteiger charge is 2.17. The van der Waals surface area contributed by atoms with E-state index in [9.17, 15) is 4.79 Å². The fraction of sp³-hybridized carbons (Fsp3) is 0.375. The number of anilines is 1. The molecular formula is C16H19N3O2S. The summed E-state index contributed by atoms with van der Waals surface area (Å²) in [7, 11) is 0. The van der Waals surface area contributed by atoms with Crippen LogP contribution in [0.15, 0.2) is 28.7 Å². The van der Waals surface area contributed by atoms with Gasteiger partial charge in [-0.3, -0.25) is 0 Å². The SMILES string of the molecule is Cc1nc(-c2cccc(NC(=O)N3CCSCC3)c2)oc1C. The first-order valence-corrected chi connectivity index (χ1v) is 8.47. The van der Waals surface area contributed by atoms with E-state index in [0.29, 0.717) is 5.89 Å². The number of aromatic nitrogens is 1. The molecule has 1 fully saturated rings. The lowest BCUT2D eigenvalue weighted by molar-refractivity contribution is 0.217. The summed E-state index contributed by atoms with van der Waals surface area (Å²) in [6, 6.07) is 7.55. The van der Waals surface area contributed by atoms with Gasteiger partial charge in [0.15, 0.2) is 0 Å². The summed E-state index contributed by atoms with van der Waals surface area (Å²) in [5.74, 6) is 3.40. The normalized spacial score (nSPS) is 14.9. The Morgan fingerprint density at radius 3 is 2.77 bits per heavy atom. The quantitative estimate of drug-likeness (QED) is 0.920. The summed E-state index contributed by atoms with van der Waals surface area (Å²) in [5, 5.41) is 2.95. The summed E-state index contributed by atoms with van der Waals surface area (Å²) in [5.41, 5.74) is 2.51. The van der Waals surface area contributed by atoms with E-state index in [0.717, 1.165) is 47.3 Å². The van der Waals surface area contributed by atoms with E-state index in [2.05, 4.69) is 10.3 Å². The summed E-state index contributed by atoms with van der Waals surface area (Å²) in [4.78, 5) is 18.5. The predicted molar refractivity (Wildman–Crippen MR) is 89.3 cm³/mol. The third-order valence-corrected chi connectivity index (χ3v) is 4.63. The van der Waals surface area contributed by atoms with Crippen molar-refractivity contribution < 1.29 is 9.21 Å². The van der Waals surface area contributed by atoms with Crippen LogP contribution < -0.4 is 5.32 Å². The molecule has 1 aromatic heterocycles. The van der Waals surface area contributed by atoms with Gasteiger partial charge in [-0.15, -0.1) is 0 Å². The Kier molecular flexibility index (Phi) is 4.38. The molecule has 0 saturated carbocycles. The Bertz CT molecular complexity index is 658. The molecule has 6 heteroatoms. The van der Waals surface area contributed by atoms with Crippen LogP contribution in [0.4, 0.5) is 10.5 Å². The van der Waals surface area contributed by atoms with Gasteiger partial charge in [-0.1, -0.05) is 6.07 Å². The molecule has 1 aliphatic heterocycles. The summed E-state index contributed by atoms with van der Waals surface area (Å²) >= 11 is 1.88. The maximum Gasteiger partial charge on any atom is 0.321 e. The molecular weight excluding hydrogens is 298 g/mol. The number of aryl methyl sites for hydroxylation is 2. The summed E-state index contributed by atoms with van der Waals surface area (Å²) in [6.45, 7) is 5.41. The highest BCUT2D eigenvalue weighted by atomic mass is 32.2. The lowest BCUT2D eigenvalue weighted by Crippen LogP contribution is -2.40. The lowest BCUT2D eigenvalue weighted by atomic mass is 10.2. The highest BCUT2D eigenvalue weighted by molar-refractivity contribution is 7.99. The minimum atomic E-state index is -0.0442. The Hall–Kier alpha value is -1.95. The van der Waals surface area contributed by atoms with E-state index < -0.39 is 0 Å². The molecule has 0 radical (unpaired) electrons. The number of hydrogen-bond acceptors (Lipinski definition) is 4. The fourth-order valence-corrected chi connectivity index (χ4v) is 3.20. The van der Waals surface area contributed by atoms with Gasteiger partial charge in [0.25, 0.3) is 0 Å². The molecule has 1 aliphatic rings. The molecule has 1 saturated heterocycles. The van der Waals surface area contributed by atoms with Crippen molar-refractivity contribution in [3.63, 3.8) is 0 Å². The molecule has 2 amide bonds. The Balaban J connectivity index is 1.74. The monoisotopic (exact) mass is 317 g/mol. The van der Waals surface area contributed by atoms with Gasteiger partial charge in [0.2, 0.25) is 5.89 Å². The molecule has 0 unspecified atom stereocenters. The first-order chi connectivity index (χ1) is 10.6. The van der Waals surface area contributed by atoms with Crippen molar-refractivity contribution >= 4 is 23.5 Å². The first-order valence-electron chi connectivity index (χ1n) is 7.31. The maximum atomic E-state index is 12.2. The fourth-order valence-electron chi connectivity index (χ4n) is 2.30. The summed E-state index contributed by atoms with van der Waals surface area (Å²) < 4.78 is 5.64. The zero-order valence-corrected chi connectivity index (χ0v) is 13.6. The van der Waals surface area contributed by atoms with Gasteiger partial charge in [-0.25, -0.2) is 9.78 Å². The molecule has 1 N–H and O–H groups in total. The number of nitrogens with one attached hydrogen (secondary N) is 1. The van der Waals surface area contributed by atoms with Crippen molar-refractivity contribution in [2.45, 2.75) is 13.8 Å². The Morgan fingerprint density at radius 1 is 1.32 bits per heavy atom. The van der Waals surface area contributed by atoms with Gasteiger partial charge in [-0.05, 0) is 32.0 Å². The van der Waals surface area contributed by atoms with Crippen molar-refractivity contribution in [3.8, 4) is 11.5 Å². The van der Waals surface area contributed by atoms with Gasteiger partial charge in [0, 0.05) is 35.8 Å². The van der Waals surface area contributed by atoms with E-state index in [1.165, 1.54) is 0 Å². The van der Waals surface area contributed by atoms with Crippen molar-refractivity contribution in [1.29, 1.82) is 0 Å². The molecule has 0 bridgehead atoms. The van der Waals surface area contributed by atoms with Crippen molar-refractivity contribution in [2.24, 2.45) is 0 Å². The number of oxazole rings is 1. The third-order valence-electron chi connectivity index (χ3n) is 3.69. The molecule has 2 heterocycles. The lowest BCUT2D eigenvalue weighted by Gasteiger charge is -2.26. The van der Waals surface area contributed by atoms with Crippen molar-refractivity contribution in [3.05, 3.63) is 35.7 Å². The maximum absolute atomic E-state index is 12.2. The Morgan fingerprint density at radius 2 is 2.09 bits per heavy atom. The van der Waals surface area contributed by atoms with Crippen LogP contribution in [0.25, 0.3) is 11.5 Å². The number of nitrogens with zero attached hydrogens (tertiary/aromatic N) is 2. The van der Waals surface area contributed by atoms with Crippen LogP contribution in [0.1, 0.15) is 11.5 Å². The van der Waals surface area contributed by atoms with Gasteiger partial charge >= 0.3 is 6.03 Å². The number of urea groups is 1. The van der Waals surface area contributed by atoms with Crippen molar-refractivity contribution in [2.75, 3.05) is 29.9 Å². The zero-order chi connectivity index (χ0) is 15.5. The minimum absolute atomic E-state index is 0.0442. The smallest absolute Gasteiger partial charge is 0.321 e. The molecule has 22 heavy (non-hydrogen) atoms. The topological polar surface area (TPSA) is 58.4 Å². The second-order valence-corrected chi connectivity index (χ2v) is 6.50. The molecule has 0 spiro atoms. The van der Waals surface area contributed by atoms with E-state index in [4.69, 9.17) is 4.42 Å². The van der Waals surface area contributed by atoms with Crippen LogP contribution in [-0.2, 0) is 0 Å².